The van der Waals surface area contributed by atoms with Gasteiger partial charge < -0.3 is 4.74 Å². The summed E-state index contributed by atoms with van der Waals surface area (Å²) in [6.45, 7) is 2.25. The molecule has 2 aliphatic rings. The van der Waals surface area contributed by atoms with Crippen LogP contribution >= 0.6 is 22.6 Å². The Kier molecular flexibility index (Phi) is 5.52. The van der Waals surface area contributed by atoms with E-state index in [-0.39, 0.29) is 10.9 Å². The Labute approximate surface area is 190 Å². The van der Waals surface area contributed by atoms with Crippen LogP contribution in [-0.4, -0.2) is 32.3 Å². The SMILES string of the molecule is COC(=O)[C@]1(c2ccc(I)cc2)CC2=CN(S(=O)(=O)c3ccc(C)cc3)CCC=C21. The molecule has 0 saturated heterocycles. The molecule has 0 aromatic heterocycles. The third kappa shape index (κ3) is 3.37. The van der Waals surface area contributed by atoms with Crippen LogP contribution in [0.1, 0.15) is 24.0 Å². The van der Waals surface area contributed by atoms with Crippen molar-refractivity contribution in [1.82, 2.24) is 4.31 Å². The van der Waals surface area contributed by atoms with E-state index < -0.39 is 15.4 Å². The van der Waals surface area contributed by atoms with Crippen molar-refractivity contribution < 1.29 is 17.9 Å². The van der Waals surface area contributed by atoms with E-state index in [2.05, 4.69) is 22.6 Å². The number of carbonyl (C=O) groups excluding carboxylic acids is 1. The number of sulfonamides is 1. The smallest absolute Gasteiger partial charge is 0.321 e. The van der Waals surface area contributed by atoms with Gasteiger partial charge in [0.2, 0.25) is 0 Å². The van der Waals surface area contributed by atoms with Crippen molar-refractivity contribution in [2.75, 3.05) is 13.7 Å². The number of fused-ring (bicyclic) bond motifs is 1. The number of halogens is 1. The summed E-state index contributed by atoms with van der Waals surface area (Å²) in [5.74, 6) is -0.318. The highest BCUT2D eigenvalue weighted by atomic mass is 127. The average molecular weight is 535 g/mol. The molecular formula is C23H22INO4S. The highest BCUT2D eigenvalue weighted by Gasteiger charge is 2.54. The number of allylic oxidation sites excluding steroid dienone is 1. The Morgan fingerprint density at radius 2 is 1.77 bits per heavy atom. The van der Waals surface area contributed by atoms with Crippen LogP contribution in [0.2, 0.25) is 0 Å². The lowest BCUT2D eigenvalue weighted by atomic mass is 9.57. The first-order valence-electron chi connectivity index (χ1n) is 9.64. The number of carbonyl (C=O) groups is 1. The number of ether oxygens (including phenoxy) is 1. The third-order valence-corrected chi connectivity index (χ3v) is 8.25. The van der Waals surface area contributed by atoms with E-state index in [0.29, 0.717) is 19.4 Å². The average Bonchev–Trinajstić information content (AvgIpc) is 2.90. The lowest BCUT2D eigenvalue weighted by molar-refractivity contribution is -0.147. The molecule has 0 bridgehead atoms. The van der Waals surface area contributed by atoms with Gasteiger partial charge in [0, 0.05) is 16.3 Å². The van der Waals surface area contributed by atoms with Gasteiger partial charge in [0.25, 0.3) is 10.0 Å². The van der Waals surface area contributed by atoms with Gasteiger partial charge in [0.15, 0.2) is 0 Å². The molecule has 7 heteroatoms. The van der Waals surface area contributed by atoms with Crippen LogP contribution in [-0.2, 0) is 25.0 Å². The van der Waals surface area contributed by atoms with Crippen LogP contribution in [0.25, 0.3) is 0 Å². The van der Waals surface area contributed by atoms with Crippen molar-refractivity contribution in [2.45, 2.75) is 30.1 Å². The van der Waals surface area contributed by atoms with Crippen LogP contribution < -0.4 is 0 Å². The van der Waals surface area contributed by atoms with E-state index >= 15 is 0 Å². The molecule has 156 valence electrons. The molecule has 1 fully saturated rings. The van der Waals surface area contributed by atoms with Gasteiger partial charge in [-0.2, -0.15) is 0 Å². The Morgan fingerprint density at radius 3 is 2.40 bits per heavy atom. The molecule has 1 aliphatic heterocycles. The van der Waals surface area contributed by atoms with Gasteiger partial charge in [0.05, 0.1) is 12.0 Å². The second kappa shape index (κ2) is 7.85. The zero-order valence-electron chi connectivity index (χ0n) is 16.8. The standard InChI is InChI=1S/C23H22INO4S/c1-16-5-11-20(12-6-16)30(27,28)25-13-3-4-21-17(15-25)14-23(21,22(26)29-2)18-7-9-19(24)10-8-18/h4-12,15H,3,13-14H2,1-2H3/t23-/m0/s1. The Hall–Kier alpha value is -2.13. The summed E-state index contributed by atoms with van der Waals surface area (Å²) >= 11 is 2.23. The molecule has 0 spiro atoms. The molecule has 2 aromatic carbocycles. The predicted octanol–water partition coefficient (Wildman–Crippen LogP) is 4.32. The summed E-state index contributed by atoms with van der Waals surface area (Å²) in [4.78, 5) is 13.1. The Balaban J connectivity index is 1.72. The van der Waals surface area contributed by atoms with Crippen molar-refractivity contribution in [3.8, 4) is 0 Å². The van der Waals surface area contributed by atoms with E-state index in [0.717, 1.165) is 25.8 Å². The summed E-state index contributed by atoms with van der Waals surface area (Å²) in [5, 5.41) is 0. The van der Waals surface area contributed by atoms with E-state index in [1.54, 1.807) is 30.5 Å². The lowest BCUT2D eigenvalue weighted by Gasteiger charge is -2.44. The summed E-state index contributed by atoms with van der Waals surface area (Å²) in [6, 6.07) is 14.7. The molecule has 0 radical (unpaired) electrons. The van der Waals surface area contributed by atoms with Gasteiger partial charge in [-0.3, -0.25) is 9.10 Å². The molecule has 2 aromatic rings. The maximum atomic E-state index is 13.2. The number of hydrogen-bond donors (Lipinski definition) is 0. The van der Waals surface area contributed by atoms with Gasteiger partial charge in [-0.25, -0.2) is 8.42 Å². The molecule has 5 nitrogen and oxygen atoms in total. The van der Waals surface area contributed by atoms with E-state index in [9.17, 15) is 13.2 Å². The third-order valence-electron chi connectivity index (χ3n) is 5.76. The van der Waals surface area contributed by atoms with E-state index in [4.69, 9.17) is 4.74 Å². The van der Waals surface area contributed by atoms with Gasteiger partial charge >= 0.3 is 5.97 Å². The molecule has 4 rings (SSSR count). The maximum Gasteiger partial charge on any atom is 0.321 e. The minimum Gasteiger partial charge on any atom is -0.468 e. The minimum atomic E-state index is -3.65. The van der Waals surface area contributed by atoms with Crippen LogP contribution in [0.4, 0.5) is 0 Å². The number of nitrogens with zero attached hydrogens (tertiary/aromatic N) is 1. The molecule has 0 unspecified atom stereocenters. The maximum absolute atomic E-state index is 13.2. The summed E-state index contributed by atoms with van der Waals surface area (Å²) in [5.41, 5.74) is 2.69. The predicted molar refractivity (Wildman–Crippen MR) is 123 cm³/mol. The molecule has 30 heavy (non-hydrogen) atoms. The minimum absolute atomic E-state index is 0.268. The number of esters is 1. The second-order valence-corrected chi connectivity index (χ2v) is 10.7. The molecule has 0 amide bonds. The van der Waals surface area contributed by atoms with Crippen LogP contribution in [0.3, 0.4) is 0 Å². The van der Waals surface area contributed by atoms with Crippen molar-refractivity contribution in [3.05, 3.63) is 86.7 Å². The summed E-state index contributed by atoms with van der Waals surface area (Å²) < 4.78 is 33.9. The highest BCUT2D eigenvalue weighted by Crippen LogP contribution is 2.54. The van der Waals surface area contributed by atoms with E-state index in [1.807, 2.05) is 37.3 Å². The largest absolute Gasteiger partial charge is 0.468 e. The van der Waals surface area contributed by atoms with Crippen molar-refractivity contribution in [1.29, 1.82) is 0 Å². The molecule has 1 aliphatic carbocycles. The second-order valence-electron chi connectivity index (χ2n) is 7.57. The number of aryl methyl sites for hydroxylation is 1. The molecule has 1 atom stereocenters. The molecule has 0 N–H and O–H groups in total. The van der Waals surface area contributed by atoms with Crippen molar-refractivity contribution in [2.24, 2.45) is 0 Å². The number of hydrogen-bond acceptors (Lipinski definition) is 4. The van der Waals surface area contributed by atoms with Crippen LogP contribution in [0.15, 0.2) is 76.8 Å². The normalized spacial score (nSPS) is 21.0. The lowest BCUT2D eigenvalue weighted by Crippen LogP contribution is -2.47. The Morgan fingerprint density at radius 1 is 1.10 bits per heavy atom. The van der Waals surface area contributed by atoms with Gasteiger partial charge in [-0.1, -0.05) is 35.9 Å². The quantitative estimate of drug-likeness (QED) is 0.433. The van der Waals surface area contributed by atoms with Crippen LogP contribution in [0.5, 0.6) is 0 Å². The van der Waals surface area contributed by atoms with Crippen molar-refractivity contribution >= 4 is 38.6 Å². The zero-order valence-corrected chi connectivity index (χ0v) is 19.7. The number of benzene rings is 2. The summed E-state index contributed by atoms with van der Waals surface area (Å²) in [7, 11) is -2.26. The number of methoxy groups -OCH3 is 1. The first-order valence-corrected chi connectivity index (χ1v) is 12.2. The molecule has 1 saturated carbocycles. The van der Waals surface area contributed by atoms with Gasteiger partial charge in [-0.05, 0) is 83.3 Å². The highest BCUT2D eigenvalue weighted by molar-refractivity contribution is 14.1. The van der Waals surface area contributed by atoms with E-state index in [1.165, 1.54) is 11.4 Å². The zero-order chi connectivity index (χ0) is 21.5. The van der Waals surface area contributed by atoms with Gasteiger partial charge in [-0.15, -0.1) is 0 Å². The topological polar surface area (TPSA) is 63.7 Å². The fourth-order valence-electron chi connectivity index (χ4n) is 4.14. The monoisotopic (exact) mass is 535 g/mol. The first kappa shape index (κ1) is 21.1. The molecular weight excluding hydrogens is 513 g/mol. The molecule has 1 heterocycles. The van der Waals surface area contributed by atoms with Crippen molar-refractivity contribution in [3.63, 3.8) is 0 Å². The first-order chi connectivity index (χ1) is 14.3. The number of rotatable bonds is 4. The Bertz CT molecular complexity index is 1150. The van der Waals surface area contributed by atoms with Crippen LogP contribution in [0, 0.1) is 10.5 Å². The fourth-order valence-corrected chi connectivity index (χ4v) is 5.86. The summed E-state index contributed by atoms with van der Waals surface area (Å²) in [6.07, 6.45) is 4.59. The van der Waals surface area contributed by atoms with Gasteiger partial charge in [0.1, 0.15) is 5.41 Å². The fraction of sp³-hybridized carbons (Fsp3) is 0.261.